The minimum Gasteiger partial charge on any atom is -0.459 e. The van der Waals surface area contributed by atoms with Crippen molar-refractivity contribution in [3.63, 3.8) is 0 Å². The number of ether oxygens (including phenoxy) is 1. The summed E-state index contributed by atoms with van der Waals surface area (Å²) in [4.78, 5) is 11.2. The molecule has 2 nitrogen and oxygen atoms in total. The van der Waals surface area contributed by atoms with Crippen LogP contribution in [0.2, 0.25) is 0 Å². The lowest BCUT2D eigenvalue weighted by atomic mass is 9.78. The molecule has 0 amide bonds. The second kappa shape index (κ2) is 6.86. The Morgan fingerprint density at radius 3 is 2.00 bits per heavy atom. The van der Waals surface area contributed by atoms with Crippen molar-refractivity contribution >= 4 is 5.97 Å². The summed E-state index contributed by atoms with van der Waals surface area (Å²) in [5.74, 6) is 0.356. The van der Waals surface area contributed by atoms with E-state index in [1.54, 1.807) is 0 Å². The first-order valence-electron chi connectivity index (χ1n) is 6.25. The second-order valence-corrected chi connectivity index (χ2v) is 4.26. The predicted molar refractivity (Wildman–Crippen MR) is 63.8 cm³/mol. The minimum atomic E-state index is -0.226. The molecule has 1 unspecified atom stereocenters. The molecule has 1 atom stereocenters. The van der Waals surface area contributed by atoms with Gasteiger partial charge in [-0.2, -0.15) is 0 Å². The van der Waals surface area contributed by atoms with Gasteiger partial charge in [0.2, 0.25) is 0 Å². The third kappa shape index (κ3) is 3.84. The fourth-order valence-corrected chi connectivity index (χ4v) is 2.53. The number of carbonyl (C=O) groups excluding carboxylic acids is 1. The van der Waals surface area contributed by atoms with Crippen LogP contribution in [0.4, 0.5) is 0 Å². The Kier molecular flexibility index (Phi) is 6.62. The van der Waals surface area contributed by atoms with Crippen LogP contribution in [-0.4, -0.2) is 11.6 Å². The van der Waals surface area contributed by atoms with Crippen LogP contribution in [0.15, 0.2) is 0 Å². The molecule has 0 aliphatic rings. The lowest BCUT2D eigenvalue weighted by Crippen LogP contribution is -2.41. The third-order valence-electron chi connectivity index (χ3n) is 3.42. The van der Waals surface area contributed by atoms with Crippen molar-refractivity contribution in [3.8, 4) is 0 Å². The zero-order chi connectivity index (χ0) is 11.9. The lowest BCUT2D eigenvalue weighted by Gasteiger charge is -2.38. The van der Waals surface area contributed by atoms with Gasteiger partial charge in [-0.15, -0.1) is 0 Å². The van der Waals surface area contributed by atoms with Crippen molar-refractivity contribution in [3.05, 3.63) is 0 Å². The molecule has 0 saturated heterocycles. The largest absolute Gasteiger partial charge is 0.459 e. The molecule has 0 heterocycles. The SMILES string of the molecule is CCCC(CC)C(CC)(CC)OC(C)=O. The van der Waals surface area contributed by atoms with E-state index in [2.05, 4.69) is 27.7 Å². The van der Waals surface area contributed by atoms with Gasteiger partial charge in [0.15, 0.2) is 0 Å². The van der Waals surface area contributed by atoms with E-state index in [4.69, 9.17) is 4.74 Å². The van der Waals surface area contributed by atoms with Crippen LogP contribution in [0.5, 0.6) is 0 Å². The van der Waals surface area contributed by atoms with Gasteiger partial charge in [0.25, 0.3) is 0 Å². The van der Waals surface area contributed by atoms with Crippen LogP contribution in [0.25, 0.3) is 0 Å². The van der Waals surface area contributed by atoms with Gasteiger partial charge < -0.3 is 4.74 Å². The van der Waals surface area contributed by atoms with E-state index < -0.39 is 0 Å². The summed E-state index contributed by atoms with van der Waals surface area (Å²) in [7, 11) is 0. The van der Waals surface area contributed by atoms with E-state index in [0.29, 0.717) is 5.92 Å². The first-order valence-corrected chi connectivity index (χ1v) is 6.25. The summed E-state index contributed by atoms with van der Waals surface area (Å²) in [5, 5.41) is 0. The first-order chi connectivity index (χ1) is 7.06. The third-order valence-corrected chi connectivity index (χ3v) is 3.42. The molecule has 0 radical (unpaired) electrons. The molecule has 0 saturated carbocycles. The summed E-state index contributed by atoms with van der Waals surface area (Å²) in [6.07, 6.45) is 5.22. The second-order valence-electron chi connectivity index (χ2n) is 4.26. The van der Waals surface area contributed by atoms with Gasteiger partial charge in [-0.05, 0) is 31.6 Å². The number of hydrogen-bond acceptors (Lipinski definition) is 2. The molecule has 0 aromatic heterocycles. The first kappa shape index (κ1) is 14.5. The number of carbonyl (C=O) groups is 1. The Morgan fingerprint density at radius 1 is 1.20 bits per heavy atom. The molecule has 0 bridgehead atoms. The normalized spacial score (nSPS) is 13.7. The van der Waals surface area contributed by atoms with Crippen molar-refractivity contribution < 1.29 is 9.53 Å². The standard InChI is InChI=1S/C13H26O2/c1-6-10-12(7-2)13(8-3,9-4)15-11(5)14/h12H,6-10H2,1-5H3. The number of hydrogen-bond donors (Lipinski definition) is 0. The topological polar surface area (TPSA) is 26.3 Å². The quantitative estimate of drug-likeness (QED) is 0.600. The molecule has 2 heteroatoms. The van der Waals surface area contributed by atoms with Gasteiger partial charge in [-0.3, -0.25) is 4.79 Å². The van der Waals surface area contributed by atoms with E-state index in [1.165, 1.54) is 6.92 Å². The Morgan fingerprint density at radius 2 is 1.73 bits per heavy atom. The maximum absolute atomic E-state index is 11.2. The van der Waals surface area contributed by atoms with Gasteiger partial charge >= 0.3 is 5.97 Å². The highest BCUT2D eigenvalue weighted by Gasteiger charge is 2.36. The van der Waals surface area contributed by atoms with E-state index in [1.807, 2.05) is 0 Å². The van der Waals surface area contributed by atoms with E-state index in [-0.39, 0.29) is 11.6 Å². The van der Waals surface area contributed by atoms with Gasteiger partial charge in [0.05, 0.1) is 0 Å². The molecule has 0 aliphatic carbocycles. The van der Waals surface area contributed by atoms with Crippen molar-refractivity contribution in [1.82, 2.24) is 0 Å². The number of rotatable bonds is 7. The van der Waals surface area contributed by atoms with Crippen LogP contribution < -0.4 is 0 Å². The maximum atomic E-state index is 11.2. The molecule has 0 rings (SSSR count). The molecule has 90 valence electrons. The summed E-state index contributed by atoms with van der Waals surface area (Å²) in [5.41, 5.74) is -0.226. The van der Waals surface area contributed by atoms with Crippen LogP contribution >= 0.6 is 0 Å². The average molecular weight is 214 g/mol. The molecule has 0 fully saturated rings. The Balaban J connectivity index is 4.77. The molecular weight excluding hydrogens is 188 g/mol. The zero-order valence-electron chi connectivity index (χ0n) is 10.9. The average Bonchev–Trinajstić information content (AvgIpc) is 2.22. The molecule has 0 aliphatic heterocycles. The Labute approximate surface area is 94.4 Å². The molecule has 0 aromatic rings. The minimum absolute atomic E-state index is 0.145. The zero-order valence-corrected chi connectivity index (χ0v) is 10.9. The number of esters is 1. The van der Waals surface area contributed by atoms with Gasteiger partial charge in [-0.1, -0.05) is 34.1 Å². The van der Waals surface area contributed by atoms with E-state index >= 15 is 0 Å². The summed E-state index contributed by atoms with van der Waals surface area (Å²) < 4.78 is 5.60. The lowest BCUT2D eigenvalue weighted by molar-refractivity contribution is -0.165. The maximum Gasteiger partial charge on any atom is 0.303 e. The highest BCUT2D eigenvalue weighted by molar-refractivity contribution is 5.66. The van der Waals surface area contributed by atoms with Crippen LogP contribution in [0.3, 0.4) is 0 Å². The van der Waals surface area contributed by atoms with Gasteiger partial charge in [-0.25, -0.2) is 0 Å². The molecule has 0 spiro atoms. The van der Waals surface area contributed by atoms with Gasteiger partial charge in [0, 0.05) is 6.92 Å². The molecule has 0 aromatic carbocycles. The molecule has 0 N–H and O–H groups in total. The van der Waals surface area contributed by atoms with Crippen LogP contribution in [0.1, 0.15) is 66.7 Å². The Hall–Kier alpha value is -0.530. The van der Waals surface area contributed by atoms with Crippen LogP contribution in [0, 0.1) is 5.92 Å². The highest BCUT2D eigenvalue weighted by atomic mass is 16.6. The summed E-state index contributed by atoms with van der Waals surface area (Å²) >= 11 is 0. The van der Waals surface area contributed by atoms with Gasteiger partial charge in [0.1, 0.15) is 5.60 Å². The fourth-order valence-electron chi connectivity index (χ4n) is 2.53. The Bertz CT molecular complexity index is 183. The van der Waals surface area contributed by atoms with Crippen LogP contribution in [-0.2, 0) is 9.53 Å². The van der Waals surface area contributed by atoms with Crippen molar-refractivity contribution in [2.45, 2.75) is 72.3 Å². The van der Waals surface area contributed by atoms with E-state index in [9.17, 15) is 4.79 Å². The monoisotopic (exact) mass is 214 g/mol. The van der Waals surface area contributed by atoms with Crippen molar-refractivity contribution in [2.24, 2.45) is 5.92 Å². The summed E-state index contributed by atoms with van der Waals surface area (Å²) in [6.45, 7) is 10.1. The highest BCUT2D eigenvalue weighted by Crippen LogP contribution is 2.35. The smallest absolute Gasteiger partial charge is 0.303 e. The van der Waals surface area contributed by atoms with Crippen molar-refractivity contribution in [2.75, 3.05) is 0 Å². The summed E-state index contributed by atoms with van der Waals surface area (Å²) in [6, 6.07) is 0. The predicted octanol–water partition coefficient (Wildman–Crippen LogP) is 3.93. The molecular formula is C13H26O2. The van der Waals surface area contributed by atoms with Crippen molar-refractivity contribution in [1.29, 1.82) is 0 Å². The fraction of sp³-hybridized carbons (Fsp3) is 0.923. The molecule has 15 heavy (non-hydrogen) atoms. The van der Waals surface area contributed by atoms with E-state index in [0.717, 1.165) is 32.1 Å².